The van der Waals surface area contributed by atoms with Crippen LogP contribution < -0.4 is 10.1 Å². The molecule has 2 aliphatic carbocycles. The molecular formula is C18H17ClN2O4. The number of carbonyl (C=O) groups is 3. The third kappa shape index (κ3) is 2.52. The van der Waals surface area contributed by atoms with Crippen molar-refractivity contribution in [2.45, 2.75) is 6.42 Å². The number of fused-ring (bicyclic) bond motifs is 5. The molecule has 1 saturated carbocycles. The first-order chi connectivity index (χ1) is 12.0. The van der Waals surface area contributed by atoms with Crippen molar-refractivity contribution in [1.82, 2.24) is 4.90 Å². The molecule has 2 fully saturated rings. The molecular weight excluding hydrogens is 344 g/mol. The van der Waals surface area contributed by atoms with Gasteiger partial charge in [-0.25, -0.2) is 0 Å². The van der Waals surface area contributed by atoms with Gasteiger partial charge in [-0.15, -0.1) is 0 Å². The molecule has 1 N–H and O–H groups in total. The Morgan fingerprint density at radius 1 is 1.24 bits per heavy atom. The molecule has 1 aromatic carbocycles. The van der Waals surface area contributed by atoms with Crippen molar-refractivity contribution >= 4 is 35.0 Å². The molecule has 4 rings (SSSR count). The van der Waals surface area contributed by atoms with E-state index in [2.05, 4.69) is 5.32 Å². The average molecular weight is 361 g/mol. The van der Waals surface area contributed by atoms with E-state index in [0.29, 0.717) is 16.5 Å². The van der Waals surface area contributed by atoms with Crippen molar-refractivity contribution in [2.24, 2.45) is 23.7 Å². The summed E-state index contributed by atoms with van der Waals surface area (Å²) in [4.78, 5) is 38.7. The second kappa shape index (κ2) is 5.88. The fourth-order valence-electron chi connectivity index (χ4n) is 4.23. The largest absolute Gasteiger partial charge is 0.495 e. The number of halogens is 1. The number of benzene rings is 1. The quantitative estimate of drug-likeness (QED) is 0.659. The van der Waals surface area contributed by atoms with Crippen LogP contribution in [0.5, 0.6) is 5.75 Å². The lowest BCUT2D eigenvalue weighted by Gasteiger charge is -2.17. The number of rotatable bonds is 4. The zero-order valence-corrected chi connectivity index (χ0v) is 14.3. The van der Waals surface area contributed by atoms with E-state index in [-0.39, 0.29) is 42.0 Å². The minimum atomic E-state index is -0.456. The Hall–Kier alpha value is -2.34. The van der Waals surface area contributed by atoms with Crippen LogP contribution in [0.4, 0.5) is 5.69 Å². The highest BCUT2D eigenvalue weighted by atomic mass is 35.5. The molecule has 1 heterocycles. The summed E-state index contributed by atoms with van der Waals surface area (Å²) in [6.07, 6.45) is 4.92. The highest BCUT2D eigenvalue weighted by Gasteiger charge is 2.59. The van der Waals surface area contributed by atoms with E-state index >= 15 is 0 Å². The molecule has 1 saturated heterocycles. The molecule has 4 unspecified atom stereocenters. The third-order valence-electron chi connectivity index (χ3n) is 5.30. The van der Waals surface area contributed by atoms with Crippen molar-refractivity contribution in [3.05, 3.63) is 35.4 Å². The number of methoxy groups -OCH3 is 1. The number of hydrogen-bond acceptors (Lipinski definition) is 4. The van der Waals surface area contributed by atoms with Gasteiger partial charge < -0.3 is 10.1 Å². The summed E-state index contributed by atoms with van der Waals surface area (Å²) in [6.45, 7) is -0.292. The number of anilines is 1. The van der Waals surface area contributed by atoms with Crippen LogP contribution in [0.3, 0.4) is 0 Å². The van der Waals surface area contributed by atoms with E-state index < -0.39 is 5.91 Å². The van der Waals surface area contributed by atoms with Crippen molar-refractivity contribution < 1.29 is 19.1 Å². The first kappa shape index (κ1) is 16.1. The molecule has 3 amide bonds. The summed E-state index contributed by atoms with van der Waals surface area (Å²) in [5, 5.41) is 3.11. The monoisotopic (exact) mass is 360 g/mol. The number of nitrogens with zero attached hydrogens (tertiary/aromatic N) is 1. The number of amides is 3. The van der Waals surface area contributed by atoms with Crippen LogP contribution in [-0.4, -0.2) is 36.3 Å². The number of hydrogen-bond donors (Lipinski definition) is 1. The number of ether oxygens (including phenoxy) is 1. The van der Waals surface area contributed by atoms with Crippen LogP contribution in [0.1, 0.15) is 6.42 Å². The van der Waals surface area contributed by atoms with Crippen LogP contribution in [0, 0.1) is 23.7 Å². The maximum atomic E-state index is 12.6. The van der Waals surface area contributed by atoms with Crippen molar-refractivity contribution in [1.29, 1.82) is 0 Å². The summed E-state index contributed by atoms with van der Waals surface area (Å²) < 4.78 is 5.18. The third-order valence-corrected chi connectivity index (χ3v) is 5.53. The zero-order valence-electron chi connectivity index (χ0n) is 13.6. The molecule has 0 aromatic heterocycles. The Bertz CT molecular complexity index is 776. The molecule has 3 aliphatic rings. The summed E-state index contributed by atoms with van der Waals surface area (Å²) >= 11 is 5.95. The molecule has 1 aliphatic heterocycles. The van der Waals surface area contributed by atoms with Crippen LogP contribution in [0.2, 0.25) is 5.02 Å². The predicted molar refractivity (Wildman–Crippen MR) is 91.1 cm³/mol. The molecule has 0 spiro atoms. The number of likely N-dealkylation sites (tertiary alicyclic amines) is 1. The van der Waals surface area contributed by atoms with Crippen molar-refractivity contribution in [2.75, 3.05) is 19.0 Å². The highest BCUT2D eigenvalue weighted by Crippen LogP contribution is 2.52. The maximum absolute atomic E-state index is 12.6. The predicted octanol–water partition coefficient (Wildman–Crippen LogP) is 2.09. The van der Waals surface area contributed by atoms with E-state index in [0.717, 1.165) is 11.3 Å². The van der Waals surface area contributed by atoms with E-state index in [1.165, 1.54) is 7.11 Å². The van der Waals surface area contributed by atoms with Crippen molar-refractivity contribution in [3.8, 4) is 5.75 Å². The second-order valence-electron chi connectivity index (χ2n) is 6.66. The summed E-state index contributed by atoms with van der Waals surface area (Å²) in [5.74, 6) is -0.800. The number of allylic oxidation sites excluding steroid dienone is 2. The lowest BCUT2D eigenvalue weighted by molar-refractivity contribution is -0.143. The number of imide groups is 1. The fourth-order valence-corrected chi connectivity index (χ4v) is 4.40. The van der Waals surface area contributed by atoms with Gasteiger partial charge in [-0.2, -0.15) is 0 Å². The molecule has 4 atom stereocenters. The van der Waals surface area contributed by atoms with Crippen LogP contribution >= 0.6 is 11.6 Å². The smallest absolute Gasteiger partial charge is 0.244 e. The highest BCUT2D eigenvalue weighted by molar-refractivity contribution is 6.31. The number of nitrogens with one attached hydrogen (secondary N) is 1. The summed E-state index contributed by atoms with van der Waals surface area (Å²) in [5.41, 5.74) is 0.404. The topological polar surface area (TPSA) is 75.7 Å². The minimum Gasteiger partial charge on any atom is -0.495 e. The fraction of sp³-hybridized carbons (Fsp3) is 0.389. The summed E-state index contributed by atoms with van der Waals surface area (Å²) in [6, 6.07) is 4.84. The Balaban J connectivity index is 1.48. The van der Waals surface area contributed by atoms with Crippen LogP contribution in [-0.2, 0) is 14.4 Å². The van der Waals surface area contributed by atoms with Crippen molar-refractivity contribution in [3.63, 3.8) is 0 Å². The minimum absolute atomic E-state index is 0.132. The second-order valence-corrected chi connectivity index (χ2v) is 7.09. The van der Waals surface area contributed by atoms with E-state index in [1.807, 2.05) is 12.2 Å². The molecule has 0 radical (unpaired) electrons. The Morgan fingerprint density at radius 3 is 2.48 bits per heavy atom. The Kier molecular flexibility index (Phi) is 3.80. The van der Waals surface area contributed by atoms with Gasteiger partial charge in [0.25, 0.3) is 0 Å². The summed E-state index contributed by atoms with van der Waals surface area (Å²) in [7, 11) is 1.48. The van der Waals surface area contributed by atoms with Crippen LogP contribution in [0.15, 0.2) is 30.4 Å². The lowest BCUT2D eigenvalue weighted by Crippen LogP contribution is -2.39. The molecule has 25 heavy (non-hydrogen) atoms. The van der Waals surface area contributed by atoms with Gasteiger partial charge in [0.1, 0.15) is 12.3 Å². The van der Waals surface area contributed by atoms with E-state index in [9.17, 15) is 14.4 Å². The Labute approximate surface area is 149 Å². The first-order valence-electron chi connectivity index (χ1n) is 8.16. The maximum Gasteiger partial charge on any atom is 0.244 e. The number of carbonyl (C=O) groups excluding carboxylic acids is 3. The normalized spacial score (nSPS) is 29.3. The van der Waals surface area contributed by atoms with E-state index in [1.54, 1.807) is 18.2 Å². The lowest BCUT2D eigenvalue weighted by atomic mass is 9.85. The standard InChI is InChI=1S/C18H17ClN2O4/c1-25-13-5-4-11(19)7-12(13)20-14(22)8-21-17(23)15-9-2-3-10(6-9)16(15)18(21)24/h2-5,7,9-10,15-16H,6,8H2,1H3,(H,20,22). The van der Waals surface area contributed by atoms with Gasteiger partial charge in [0, 0.05) is 5.02 Å². The van der Waals surface area contributed by atoms with Gasteiger partial charge in [-0.05, 0) is 36.5 Å². The van der Waals surface area contributed by atoms with E-state index in [4.69, 9.17) is 16.3 Å². The SMILES string of the molecule is COc1ccc(Cl)cc1NC(=O)CN1C(=O)C2C3C=CC(C3)C2C1=O. The van der Waals surface area contributed by atoms with Gasteiger partial charge in [0.15, 0.2) is 0 Å². The zero-order chi connectivity index (χ0) is 17.7. The molecule has 7 heteroatoms. The Morgan fingerprint density at radius 2 is 1.88 bits per heavy atom. The molecule has 1 aromatic rings. The van der Waals surface area contributed by atoms with Gasteiger partial charge >= 0.3 is 0 Å². The first-order valence-corrected chi connectivity index (χ1v) is 8.54. The van der Waals surface area contributed by atoms with Gasteiger partial charge in [0.05, 0.1) is 24.6 Å². The van der Waals surface area contributed by atoms with Gasteiger partial charge in [0.2, 0.25) is 17.7 Å². The molecule has 6 nitrogen and oxygen atoms in total. The van der Waals surface area contributed by atoms with Gasteiger partial charge in [-0.3, -0.25) is 19.3 Å². The van der Waals surface area contributed by atoms with Gasteiger partial charge in [-0.1, -0.05) is 23.8 Å². The molecule has 2 bridgehead atoms. The average Bonchev–Trinajstić information content (AvgIpc) is 3.25. The van der Waals surface area contributed by atoms with Crippen LogP contribution in [0.25, 0.3) is 0 Å². The molecule has 130 valence electrons.